The van der Waals surface area contributed by atoms with Gasteiger partial charge in [-0.2, -0.15) is 0 Å². The number of fused-ring (bicyclic) bond motifs is 4. The van der Waals surface area contributed by atoms with E-state index in [2.05, 4.69) is 15.2 Å². The monoisotopic (exact) mass is 287 g/mol. The van der Waals surface area contributed by atoms with E-state index in [0.29, 0.717) is 17.5 Å². The van der Waals surface area contributed by atoms with Crippen LogP contribution in [-0.4, -0.2) is 41.5 Å². The molecule has 3 aliphatic rings. The lowest BCUT2D eigenvalue weighted by atomic mass is 9.84. The lowest BCUT2D eigenvalue weighted by Gasteiger charge is -2.44. The van der Waals surface area contributed by atoms with Crippen molar-refractivity contribution in [3.05, 3.63) is 29.3 Å². The van der Waals surface area contributed by atoms with Crippen LogP contribution in [0.25, 0.3) is 10.2 Å². The van der Waals surface area contributed by atoms with Crippen LogP contribution in [0.5, 0.6) is 0 Å². The van der Waals surface area contributed by atoms with E-state index < -0.39 is 0 Å². The van der Waals surface area contributed by atoms with Crippen molar-refractivity contribution in [3.8, 4) is 0 Å². The standard InChI is InChI=1S/C15H17N3OS/c19-15(11-2-1-3-13-14(11)16-9-20-13)17-12-8-18-6-4-10(12)5-7-18/h1-3,9-10,12H,4-8H2,(H,17,19)/t12-/m1/s1. The molecule has 0 spiro atoms. The van der Waals surface area contributed by atoms with Gasteiger partial charge in [-0.25, -0.2) is 4.98 Å². The Morgan fingerprint density at radius 1 is 1.35 bits per heavy atom. The first-order valence-electron chi connectivity index (χ1n) is 7.17. The molecule has 3 saturated heterocycles. The van der Waals surface area contributed by atoms with Gasteiger partial charge in [-0.1, -0.05) is 6.07 Å². The Kier molecular flexibility index (Phi) is 2.97. The molecule has 0 unspecified atom stereocenters. The number of carbonyl (C=O) groups excluding carboxylic acids is 1. The number of nitrogens with one attached hydrogen (secondary N) is 1. The number of para-hydroxylation sites is 1. The van der Waals surface area contributed by atoms with Gasteiger partial charge in [0.25, 0.3) is 5.91 Å². The van der Waals surface area contributed by atoms with Gasteiger partial charge in [-0.3, -0.25) is 4.79 Å². The molecule has 5 rings (SSSR count). The summed E-state index contributed by atoms with van der Waals surface area (Å²) in [6.45, 7) is 3.39. The van der Waals surface area contributed by atoms with Crippen LogP contribution in [0.2, 0.25) is 0 Å². The number of rotatable bonds is 2. The highest BCUT2D eigenvalue weighted by molar-refractivity contribution is 7.16. The molecule has 4 heterocycles. The molecule has 104 valence electrons. The number of thiazole rings is 1. The molecule has 1 aromatic carbocycles. The predicted octanol–water partition coefficient (Wildman–Crippen LogP) is 2.12. The van der Waals surface area contributed by atoms with Gasteiger partial charge in [0.15, 0.2) is 0 Å². The molecule has 4 nitrogen and oxygen atoms in total. The summed E-state index contributed by atoms with van der Waals surface area (Å²) < 4.78 is 1.08. The van der Waals surface area contributed by atoms with Gasteiger partial charge in [-0.05, 0) is 44.0 Å². The molecule has 5 heteroatoms. The summed E-state index contributed by atoms with van der Waals surface area (Å²) in [4.78, 5) is 19.3. The average molecular weight is 287 g/mol. The minimum absolute atomic E-state index is 0.0280. The van der Waals surface area contributed by atoms with Crippen LogP contribution in [0.1, 0.15) is 23.2 Å². The second kappa shape index (κ2) is 4.82. The lowest BCUT2D eigenvalue weighted by molar-refractivity contribution is 0.0621. The van der Waals surface area contributed by atoms with Crippen molar-refractivity contribution in [2.24, 2.45) is 5.92 Å². The molecule has 1 aromatic heterocycles. The Labute approximate surface area is 121 Å². The molecular formula is C15H17N3OS. The summed E-state index contributed by atoms with van der Waals surface area (Å²) in [5.74, 6) is 0.679. The zero-order valence-corrected chi connectivity index (χ0v) is 12.0. The molecule has 2 aromatic rings. The third kappa shape index (κ3) is 2.01. The fraction of sp³-hybridized carbons (Fsp3) is 0.467. The molecule has 3 fully saturated rings. The summed E-state index contributed by atoms with van der Waals surface area (Å²) in [5.41, 5.74) is 3.34. The number of carbonyl (C=O) groups is 1. The quantitative estimate of drug-likeness (QED) is 0.920. The van der Waals surface area contributed by atoms with E-state index in [9.17, 15) is 4.79 Å². The Morgan fingerprint density at radius 3 is 2.95 bits per heavy atom. The van der Waals surface area contributed by atoms with E-state index in [1.165, 1.54) is 25.9 Å². The van der Waals surface area contributed by atoms with E-state index in [1.807, 2.05) is 18.2 Å². The summed E-state index contributed by atoms with van der Waals surface area (Å²) in [5, 5.41) is 3.23. The third-order valence-corrected chi connectivity index (χ3v) is 5.37. The van der Waals surface area contributed by atoms with E-state index >= 15 is 0 Å². The molecular weight excluding hydrogens is 270 g/mol. The number of hydrogen-bond acceptors (Lipinski definition) is 4. The highest BCUT2D eigenvalue weighted by Crippen LogP contribution is 2.28. The Bertz CT molecular complexity index is 645. The van der Waals surface area contributed by atoms with Crippen molar-refractivity contribution in [2.45, 2.75) is 18.9 Å². The number of nitrogens with zero attached hydrogens (tertiary/aromatic N) is 2. The van der Waals surface area contributed by atoms with Gasteiger partial charge in [0.1, 0.15) is 0 Å². The number of amides is 1. The fourth-order valence-electron chi connectivity index (χ4n) is 3.44. The predicted molar refractivity (Wildman–Crippen MR) is 80.0 cm³/mol. The third-order valence-electron chi connectivity index (χ3n) is 4.58. The van der Waals surface area contributed by atoms with Crippen LogP contribution in [-0.2, 0) is 0 Å². The first-order chi connectivity index (χ1) is 9.81. The van der Waals surface area contributed by atoms with Crippen LogP contribution in [0.3, 0.4) is 0 Å². The summed E-state index contributed by atoms with van der Waals surface area (Å²) in [6.07, 6.45) is 2.43. The van der Waals surface area contributed by atoms with Crippen molar-refractivity contribution in [1.29, 1.82) is 0 Å². The second-order valence-corrected chi connectivity index (χ2v) is 6.61. The lowest BCUT2D eigenvalue weighted by Crippen LogP contribution is -2.57. The molecule has 1 atom stereocenters. The normalized spacial score (nSPS) is 28.7. The van der Waals surface area contributed by atoms with Crippen molar-refractivity contribution in [1.82, 2.24) is 15.2 Å². The van der Waals surface area contributed by atoms with Gasteiger partial charge in [0.2, 0.25) is 0 Å². The van der Waals surface area contributed by atoms with Gasteiger partial charge in [-0.15, -0.1) is 11.3 Å². The SMILES string of the molecule is O=C(N[C@@H]1CN2CCC1CC2)c1cccc2scnc12. The van der Waals surface area contributed by atoms with Crippen LogP contribution in [0, 0.1) is 5.92 Å². The molecule has 0 aliphatic carbocycles. The maximum absolute atomic E-state index is 12.5. The first kappa shape index (κ1) is 12.3. The Morgan fingerprint density at radius 2 is 2.20 bits per heavy atom. The number of hydrogen-bond donors (Lipinski definition) is 1. The molecule has 3 aliphatic heterocycles. The van der Waals surface area contributed by atoms with Gasteiger partial charge >= 0.3 is 0 Å². The average Bonchev–Trinajstić information content (AvgIpc) is 2.96. The maximum atomic E-state index is 12.5. The summed E-state index contributed by atoms with van der Waals surface area (Å²) >= 11 is 1.58. The number of benzene rings is 1. The van der Waals surface area contributed by atoms with Crippen LogP contribution < -0.4 is 5.32 Å². The van der Waals surface area contributed by atoms with Crippen molar-refractivity contribution < 1.29 is 4.79 Å². The number of piperidine rings is 3. The van der Waals surface area contributed by atoms with Crippen LogP contribution in [0.4, 0.5) is 0 Å². The van der Waals surface area contributed by atoms with Gasteiger partial charge in [0.05, 0.1) is 21.3 Å². The topological polar surface area (TPSA) is 45.2 Å². The molecule has 1 N–H and O–H groups in total. The smallest absolute Gasteiger partial charge is 0.253 e. The molecule has 0 radical (unpaired) electrons. The van der Waals surface area contributed by atoms with Crippen molar-refractivity contribution >= 4 is 27.5 Å². The van der Waals surface area contributed by atoms with Gasteiger partial charge < -0.3 is 10.2 Å². The zero-order chi connectivity index (χ0) is 13.5. The fourth-order valence-corrected chi connectivity index (χ4v) is 4.15. The minimum atomic E-state index is 0.0280. The minimum Gasteiger partial charge on any atom is -0.348 e. The zero-order valence-electron chi connectivity index (χ0n) is 11.2. The van der Waals surface area contributed by atoms with Gasteiger partial charge in [0, 0.05) is 12.6 Å². The molecule has 0 saturated carbocycles. The Balaban J connectivity index is 1.57. The highest BCUT2D eigenvalue weighted by Gasteiger charge is 2.35. The molecule has 2 bridgehead atoms. The Hall–Kier alpha value is -1.46. The highest BCUT2D eigenvalue weighted by atomic mass is 32.1. The van der Waals surface area contributed by atoms with Crippen molar-refractivity contribution in [2.75, 3.05) is 19.6 Å². The second-order valence-electron chi connectivity index (χ2n) is 5.72. The van der Waals surface area contributed by atoms with E-state index in [4.69, 9.17) is 0 Å². The number of aromatic nitrogens is 1. The molecule has 1 amide bonds. The van der Waals surface area contributed by atoms with E-state index in [0.717, 1.165) is 16.8 Å². The summed E-state index contributed by atoms with van der Waals surface area (Å²) in [7, 11) is 0. The van der Waals surface area contributed by atoms with Crippen LogP contribution >= 0.6 is 11.3 Å². The first-order valence-corrected chi connectivity index (χ1v) is 8.04. The van der Waals surface area contributed by atoms with E-state index in [1.54, 1.807) is 16.8 Å². The van der Waals surface area contributed by atoms with Crippen molar-refractivity contribution in [3.63, 3.8) is 0 Å². The van der Waals surface area contributed by atoms with Crippen LogP contribution in [0.15, 0.2) is 23.7 Å². The van der Waals surface area contributed by atoms with E-state index in [-0.39, 0.29) is 5.91 Å². The summed E-state index contributed by atoms with van der Waals surface area (Å²) in [6, 6.07) is 6.13. The largest absolute Gasteiger partial charge is 0.348 e. The maximum Gasteiger partial charge on any atom is 0.253 e. The molecule has 20 heavy (non-hydrogen) atoms.